The summed E-state index contributed by atoms with van der Waals surface area (Å²) >= 11 is 4.80. The molecule has 0 saturated heterocycles. The fraction of sp³-hybridized carbons (Fsp3) is 0.357. The summed E-state index contributed by atoms with van der Waals surface area (Å²) in [6.07, 6.45) is 0. The van der Waals surface area contributed by atoms with Crippen LogP contribution in [-0.2, 0) is 11.3 Å². The molecule has 2 aromatic rings. The van der Waals surface area contributed by atoms with Gasteiger partial charge in [0, 0.05) is 16.7 Å². The number of hydrogen-bond acceptors (Lipinski definition) is 4. The Labute approximate surface area is 136 Å². The molecule has 21 heavy (non-hydrogen) atoms. The van der Waals surface area contributed by atoms with Crippen molar-refractivity contribution in [1.29, 1.82) is 0 Å². The summed E-state index contributed by atoms with van der Waals surface area (Å²) in [5.74, 6) is 1.13. The molecule has 0 aliphatic rings. The third-order valence-corrected chi connectivity index (χ3v) is 4.47. The lowest BCUT2D eigenvalue weighted by atomic mass is 10.2. The highest BCUT2D eigenvalue weighted by Crippen LogP contribution is 2.21. The molecule has 5 nitrogen and oxygen atoms in total. The van der Waals surface area contributed by atoms with Crippen LogP contribution in [0.1, 0.15) is 18.3 Å². The third-order valence-electron chi connectivity index (χ3n) is 3.01. The first-order chi connectivity index (χ1) is 10.0. The zero-order chi connectivity index (χ0) is 15.4. The molecule has 1 amide bonds. The molecule has 0 unspecified atom stereocenters. The number of halogens is 1. The number of carbonyl (C=O) groups is 1. The number of benzene rings is 1. The minimum absolute atomic E-state index is 0.0475. The molecule has 1 N–H and O–H groups in total. The molecule has 0 radical (unpaired) electrons. The van der Waals surface area contributed by atoms with Crippen molar-refractivity contribution in [2.75, 3.05) is 11.1 Å². The Morgan fingerprint density at radius 1 is 1.38 bits per heavy atom. The van der Waals surface area contributed by atoms with E-state index in [1.165, 1.54) is 11.8 Å². The summed E-state index contributed by atoms with van der Waals surface area (Å²) in [6, 6.07) is 5.77. The van der Waals surface area contributed by atoms with Crippen molar-refractivity contribution in [3.8, 4) is 0 Å². The summed E-state index contributed by atoms with van der Waals surface area (Å²) in [4.78, 5) is 12.0. The van der Waals surface area contributed by atoms with Crippen LogP contribution in [0.25, 0.3) is 0 Å². The zero-order valence-corrected chi connectivity index (χ0v) is 14.6. The number of amides is 1. The van der Waals surface area contributed by atoms with Gasteiger partial charge < -0.3 is 9.88 Å². The second-order valence-corrected chi connectivity index (χ2v) is 6.43. The number of thioether (sulfide) groups is 1. The van der Waals surface area contributed by atoms with Crippen molar-refractivity contribution in [3.05, 3.63) is 34.1 Å². The van der Waals surface area contributed by atoms with Crippen LogP contribution < -0.4 is 5.32 Å². The molecule has 0 spiro atoms. The Morgan fingerprint density at radius 2 is 2.14 bits per heavy atom. The van der Waals surface area contributed by atoms with E-state index in [9.17, 15) is 4.79 Å². The van der Waals surface area contributed by atoms with Crippen LogP contribution in [0, 0.1) is 13.8 Å². The molecular weight excluding hydrogens is 352 g/mol. The number of carbonyl (C=O) groups excluding carboxylic acids is 1. The topological polar surface area (TPSA) is 59.8 Å². The minimum Gasteiger partial charge on any atom is -0.325 e. The standard InChI is InChI=1S/C14H17BrN4OS/c1-4-19-10(3)17-18-14(19)21-8-13(20)16-12-6-5-11(15)7-9(12)2/h5-7H,4,8H2,1-3H3,(H,16,20). The predicted molar refractivity (Wildman–Crippen MR) is 88.7 cm³/mol. The highest BCUT2D eigenvalue weighted by atomic mass is 79.9. The smallest absolute Gasteiger partial charge is 0.234 e. The van der Waals surface area contributed by atoms with Crippen molar-refractivity contribution in [2.24, 2.45) is 0 Å². The van der Waals surface area contributed by atoms with Gasteiger partial charge >= 0.3 is 0 Å². The van der Waals surface area contributed by atoms with E-state index in [0.717, 1.165) is 33.2 Å². The Kier molecular flexibility index (Phi) is 5.41. The first-order valence-electron chi connectivity index (χ1n) is 6.60. The molecule has 1 heterocycles. The summed E-state index contributed by atoms with van der Waals surface area (Å²) in [6.45, 7) is 6.71. The zero-order valence-electron chi connectivity index (χ0n) is 12.2. The van der Waals surface area contributed by atoms with Gasteiger partial charge in [-0.1, -0.05) is 27.7 Å². The second-order valence-electron chi connectivity index (χ2n) is 4.57. The SMILES string of the molecule is CCn1c(C)nnc1SCC(=O)Nc1ccc(Br)cc1C. The fourth-order valence-electron chi connectivity index (χ4n) is 1.92. The summed E-state index contributed by atoms with van der Waals surface area (Å²) in [5, 5.41) is 11.8. The molecule has 2 rings (SSSR count). The Morgan fingerprint density at radius 3 is 2.81 bits per heavy atom. The van der Waals surface area contributed by atoms with Crippen molar-refractivity contribution < 1.29 is 4.79 Å². The third kappa shape index (κ3) is 4.07. The summed E-state index contributed by atoms with van der Waals surface area (Å²) < 4.78 is 2.99. The number of rotatable bonds is 5. The average molecular weight is 369 g/mol. The lowest BCUT2D eigenvalue weighted by molar-refractivity contribution is -0.113. The molecule has 7 heteroatoms. The van der Waals surface area contributed by atoms with E-state index in [1.54, 1.807) is 0 Å². The Balaban J connectivity index is 1.96. The van der Waals surface area contributed by atoms with E-state index in [2.05, 4.69) is 31.4 Å². The van der Waals surface area contributed by atoms with Crippen LogP contribution in [0.3, 0.4) is 0 Å². The van der Waals surface area contributed by atoms with Crippen LogP contribution >= 0.6 is 27.7 Å². The van der Waals surface area contributed by atoms with Crippen molar-refractivity contribution >= 4 is 39.3 Å². The molecule has 1 aromatic heterocycles. The van der Waals surface area contributed by atoms with E-state index in [0.29, 0.717) is 5.75 Å². The Bertz CT molecular complexity index is 656. The molecule has 0 saturated carbocycles. The lowest BCUT2D eigenvalue weighted by Gasteiger charge is -2.09. The molecule has 0 aliphatic heterocycles. The van der Waals surface area contributed by atoms with Crippen LogP contribution in [-0.4, -0.2) is 26.4 Å². The molecule has 112 valence electrons. The minimum atomic E-state index is -0.0475. The highest BCUT2D eigenvalue weighted by molar-refractivity contribution is 9.10. The number of nitrogens with zero attached hydrogens (tertiary/aromatic N) is 3. The number of anilines is 1. The van der Waals surface area contributed by atoms with Crippen molar-refractivity contribution in [2.45, 2.75) is 32.5 Å². The van der Waals surface area contributed by atoms with Gasteiger partial charge in [-0.25, -0.2) is 0 Å². The van der Waals surface area contributed by atoms with E-state index in [4.69, 9.17) is 0 Å². The Hall–Kier alpha value is -1.34. The maximum atomic E-state index is 12.0. The second kappa shape index (κ2) is 7.09. The van der Waals surface area contributed by atoms with Crippen LogP contribution in [0.15, 0.2) is 27.8 Å². The van der Waals surface area contributed by atoms with Gasteiger partial charge in [-0.15, -0.1) is 10.2 Å². The van der Waals surface area contributed by atoms with Gasteiger partial charge in [-0.05, 0) is 44.5 Å². The van der Waals surface area contributed by atoms with Crippen LogP contribution in [0.4, 0.5) is 5.69 Å². The van der Waals surface area contributed by atoms with E-state index < -0.39 is 0 Å². The van der Waals surface area contributed by atoms with E-state index in [1.807, 2.05) is 43.5 Å². The van der Waals surface area contributed by atoms with E-state index >= 15 is 0 Å². The van der Waals surface area contributed by atoms with Gasteiger partial charge in [0.1, 0.15) is 5.82 Å². The van der Waals surface area contributed by atoms with E-state index in [-0.39, 0.29) is 5.91 Å². The first-order valence-corrected chi connectivity index (χ1v) is 8.37. The molecule has 0 atom stereocenters. The van der Waals surface area contributed by atoms with Crippen LogP contribution in [0.5, 0.6) is 0 Å². The number of nitrogens with one attached hydrogen (secondary N) is 1. The van der Waals surface area contributed by atoms with Gasteiger partial charge in [0.2, 0.25) is 5.91 Å². The average Bonchev–Trinajstić information content (AvgIpc) is 2.80. The quantitative estimate of drug-likeness (QED) is 0.821. The molecule has 1 aromatic carbocycles. The van der Waals surface area contributed by atoms with Gasteiger partial charge in [-0.3, -0.25) is 4.79 Å². The van der Waals surface area contributed by atoms with Gasteiger partial charge in [0.15, 0.2) is 5.16 Å². The van der Waals surface area contributed by atoms with Gasteiger partial charge in [0.25, 0.3) is 0 Å². The normalized spacial score (nSPS) is 10.7. The predicted octanol–water partition coefficient (Wildman–Crippen LogP) is 3.41. The van der Waals surface area contributed by atoms with Gasteiger partial charge in [0.05, 0.1) is 5.75 Å². The number of aryl methyl sites for hydroxylation is 2. The molecule has 0 aliphatic carbocycles. The van der Waals surface area contributed by atoms with Crippen molar-refractivity contribution in [3.63, 3.8) is 0 Å². The van der Waals surface area contributed by atoms with Crippen LogP contribution in [0.2, 0.25) is 0 Å². The number of hydrogen-bond donors (Lipinski definition) is 1. The maximum Gasteiger partial charge on any atom is 0.234 e. The lowest BCUT2D eigenvalue weighted by Crippen LogP contribution is -2.15. The largest absolute Gasteiger partial charge is 0.325 e. The first kappa shape index (κ1) is 16.0. The fourth-order valence-corrected chi connectivity index (χ4v) is 3.24. The van der Waals surface area contributed by atoms with Crippen molar-refractivity contribution in [1.82, 2.24) is 14.8 Å². The molecular formula is C14H17BrN4OS. The maximum absolute atomic E-state index is 12.0. The number of aromatic nitrogens is 3. The highest BCUT2D eigenvalue weighted by Gasteiger charge is 2.11. The monoisotopic (exact) mass is 368 g/mol. The molecule has 0 bridgehead atoms. The molecule has 0 fully saturated rings. The summed E-state index contributed by atoms with van der Waals surface area (Å²) in [5.41, 5.74) is 1.85. The summed E-state index contributed by atoms with van der Waals surface area (Å²) in [7, 11) is 0. The van der Waals surface area contributed by atoms with Gasteiger partial charge in [-0.2, -0.15) is 0 Å².